The lowest BCUT2D eigenvalue weighted by atomic mass is 10.2. The van der Waals surface area contributed by atoms with E-state index in [1.165, 1.54) is 6.07 Å². The minimum absolute atomic E-state index is 0.0588. The molecule has 1 heterocycles. The Kier molecular flexibility index (Phi) is 7.81. The number of carbonyl (C=O) groups is 3. The molecule has 0 radical (unpaired) electrons. The second kappa shape index (κ2) is 10.1. The van der Waals surface area contributed by atoms with Crippen molar-refractivity contribution in [2.75, 3.05) is 44.2 Å². The maximum Gasteiger partial charge on any atom is 0.407 e. The van der Waals surface area contributed by atoms with E-state index in [9.17, 15) is 18.8 Å². The van der Waals surface area contributed by atoms with Crippen molar-refractivity contribution in [2.24, 2.45) is 0 Å². The first-order valence-corrected chi connectivity index (χ1v) is 9.55. The van der Waals surface area contributed by atoms with Gasteiger partial charge in [0.15, 0.2) is 6.61 Å². The maximum atomic E-state index is 13.9. The highest BCUT2D eigenvalue weighted by Crippen LogP contribution is 2.20. The summed E-state index contributed by atoms with van der Waals surface area (Å²) in [5.74, 6) is -1.17. The van der Waals surface area contributed by atoms with Gasteiger partial charge in [0.1, 0.15) is 11.4 Å². The number of halogens is 1. The number of esters is 1. The van der Waals surface area contributed by atoms with Crippen LogP contribution in [0.15, 0.2) is 24.3 Å². The number of rotatable bonds is 6. The smallest absolute Gasteiger partial charge is 0.407 e. The lowest BCUT2D eigenvalue weighted by Crippen LogP contribution is -2.50. The van der Waals surface area contributed by atoms with E-state index in [0.717, 1.165) is 0 Å². The molecule has 8 nitrogen and oxygen atoms in total. The van der Waals surface area contributed by atoms with E-state index in [1.54, 1.807) is 43.9 Å². The summed E-state index contributed by atoms with van der Waals surface area (Å²) in [5, 5.41) is 2.45. The van der Waals surface area contributed by atoms with E-state index in [4.69, 9.17) is 9.47 Å². The van der Waals surface area contributed by atoms with Crippen LogP contribution >= 0.6 is 0 Å². The summed E-state index contributed by atoms with van der Waals surface area (Å²) in [4.78, 5) is 38.9. The summed E-state index contributed by atoms with van der Waals surface area (Å²) < 4.78 is 23.9. The van der Waals surface area contributed by atoms with Crippen LogP contribution in [0.25, 0.3) is 0 Å². The molecule has 1 aromatic rings. The van der Waals surface area contributed by atoms with Crippen molar-refractivity contribution in [3.8, 4) is 0 Å². The van der Waals surface area contributed by atoms with Gasteiger partial charge in [-0.2, -0.15) is 0 Å². The van der Waals surface area contributed by atoms with E-state index in [1.807, 2.05) is 4.90 Å². The number of alkyl carbamates (subject to hydrolysis) is 1. The molecule has 1 N–H and O–H groups in total. The average molecular weight is 409 g/mol. The topological polar surface area (TPSA) is 88.2 Å². The molecule has 1 fully saturated rings. The summed E-state index contributed by atoms with van der Waals surface area (Å²) >= 11 is 0. The van der Waals surface area contributed by atoms with Crippen LogP contribution in [-0.2, 0) is 19.1 Å². The first-order chi connectivity index (χ1) is 13.7. The van der Waals surface area contributed by atoms with Crippen molar-refractivity contribution in [3.05, 3.63) is 30.1 Å². The fourth-order valence-electron chi connectivity index (χ4n) is 2.79. The molecule has 1 aliphatic rings. The summed E-state index contributed by atoms with van der Waals surface area (Å²) in [7, 11) is 0. The van der Waals surface area contributed by atoms with Gasteiger partial charge in [-0.05, 0) is 32.9 Å². The molecule has 1 saturated heterocycles. The summed E-state index contributed by atoms with van der Waals surface area (Å²) in [5.41, 5.74) is -0.101. The Morgan fingerprint density at radius 3 is 2.38 bits per heavy atom. The number of carbonyl (C=O) groups excluding carboxylic acids is 3. The molecule has 0 spiro atoms. The molecule has 1 aromatic carbocycles. The normalized spacial score (nSPS) is 14.3. The van der Waals surface area contributed by atoms with Crippen LogP contribution < -0.4 is 10.2 Å². The van der Waals surface area contributed by atoms with Crippen molar-refractivity contribution < 1.29 is 28.2 Å². The van der Waals surface area contributed by atoms with Gasteiger partial charge in [-0.15, -0.1) is 0 Å². The summed E-state index contributed by atoms with van der Waals surface area (Å²) in [6, 6.07) is 6.52. The van der Waals surface area contributed by atoms with Gasteiger partial charge >= 0.3 is 12.1 Å². The molecule has 0 bridgehead atoms. The van der Waals surface area contributed by atoms with E-state index < -0.39 is 17.7 Å². The number of para-hydroxylation sites is 1. The van der Waals surface area contributed by atoms with Gasteiger partial charge in [0, 0.05) is 32.7 Å². The number of piperazine rings is 1. The molecular formula is C20H28FN3O5. The van der Waals surface area contributed by atoms with Crippen LogP contribution in [0.4, 0.5) is 14.9 Å². The van der Waals surface area contributed by atoms with Crippen molar-refractivity contribution in [2.45, 2.75) is 32.8 Å². The number of amides is 2. The fraction of sp³-hybridized carbons (Fsp3) is 0.550. The number of benzene rings is 1. The number of hydrogen-bond acceptors (Lipinski definition) is 6. The van der Waals surface area contributed by atoms with Crippen LogP contribution in [0.2, 0.25) is 0 Å². The van der Waals surface area contributed by atoms with E-state index in [0.29, 0.717) is 31.9 Å². The van der Waals surface area contributed by atoms with Gasteiger partial charge in [-0.25, -0.2) is 9.18 Å². The average Bonchev–Trinajstić information content (AvgIpc) is 2.65. The van der Waals surface area contributed by atoms with Gasteiger partial charge in [-0.1, -0.05) is 12.1 Å². The third-order valence-corrected chi connectivity index (χ3v) is 4.18. The second-order valence-electron chi connectivity index (χ2n) is 7.66. The van der Waals surface area contributed by atoms with Crippen LogP contribution in [0.3, 0.4) is 0 Å². The molecule has 0 saturated carbocycles. The Balaban J connectivity index is 1.65. The number of hydrogen-bond donors (Lipinski definition) is 1. The van der Waals surface area contributed by atoms with Crippen LogP contribution in [0.1, 0.15) is 27.2 Å². The minimum Gasteiger partial charge on any atom is -0.456 e. The van der Waals surface area contributed by atoms with Crippen molar-refractivity contribution in [1.29, 1.82) is 0 Å². The van der Waals surface area contributed by atoms with Crippen LogP contribution in [0, 0.1) is 5.82 Å². The van der Waals surface area contributed by atoms with Crippen molar-refractivity contribution in [3.63, 3.8) is 0 Å². The first-order valence-electron chi connectivity index (χ1n) is 9.55. The molecule has 2 rings (SSSR count). The van der Waals surface area contributed by atoms with E-state index in [-0.39, 0.29) is 31.3 Å². The Morgan fingerprint density at radius 2 is 1.76 bits per heavy atom. The molecule has 1 aliphatic heterocycles. The lowest BCUT2D eigenvalue weighted by Gasteiger charge is -2.36. The maximum absolute atomic E-state index is 13.9. The molecule has 0 unspecified atom stereocenters. The zero-order valence-electron chi connectivity index (χ0n) is 17.1. The Hall–Kier alpha value is -2.84. The quantitative estimate of drug-likeness (QED) is 0.723. The predicted octanol–water partition coefficient (Wildman–Crippen LogP) is 1.93. The zero-order chi connectivity index (χ0) is 21.4. The number of nitrogens with one attached hydrogen (secondary N) is 1. The second-order valence-corrected chi connectivity index (χ2v) is 7.66. The van der Waals surface area contributed by atoms with Crippen LogP contribution in [0.5, 0.6) is 0 Å². The molecule has 160 valence electrons. The largest absolute Gasteiger partial charge is 0.456 e. The number of ether oxygens (including phenoxy) is 2. The van der Waals surface area contributed by atoms with E-state index in [2.05, 4.69) is 5.32 Å². The standard InChI is InChI=1S/C20H28FN3O5/c1-20(2,3)29-19(27)22-9-8-18(26)28-14-17(25)24-12-10-23(11-13-24)16-7-5-4-6-15(16)21/h4-7H,8-14H2,1-3H3,(H,22,27). The molecule has 0 aromatic heterocycles. The zero-order valence-corrected chi connectivity index (χ0v) is 17.1. The highest BCUT2D eigenvalue weighted by Gasteiger charge is 2.23. The Bertz CT molecular complexity index is 727. The summed E-state index contributed by atoms with van der Waals surface area (Å²) in [6.45, 7) is 6.76. The van der Waals surface area contributed by atoms with Crippen LogP contribution in [-0.4, -0.2) is 67.8 Å². The molecule has 2 amide bonds. The first kappa shape index (κ1) is 22.4. The van der Waals surface area contributed by atoms with Gasteiger partial charge in [-0.3, -0.25) is 9.59 Å². The predicted molar refractivity (Wildman–Crippen MR) is 105 cm³/mol. The third kappa shape index (κ3) is 7.59. The minimum atomic E-state index is -0.618. The van der Waals surface area contributed by atoms with Crippen molar-refractivity contribution in [1.82, 2.24) is 10.2 Å². The van der Waals surface area contributed by atoms with Gasteiger partial charge < -0.3 is 24.6 Å². The van der Waals surface area contributed by atoms with Gasteiger partial charge in [0.25, 0.3) is 5.91 Å². The molecule has 0 aliphatic carbocycles. The SMILES string of the molecule is CC(C)(C)OC(=O)NCCC(=O)OCC(=O)N1CCN(c2ccccc2F)CC1. The molecule has 29 heavy (non-hydrogen) atoms. The monoisotopic (exact) mass is 409 g/mol. The van der Waals surface area contributed by atoms with Crippen molar-refractivity contribution >= 4 is 23.7 Å². The Morgan fingerprint density at radius 1 is 1.10 bits per heavy atom. The summed E-state index contributed by atoms with van der Waals surface area (Å²) in [6.07, 6.45) is -0.678. The molecular weight excluding hydrogens is 381 g/mol. The molecule has 0 atom stereocenters. The number of nitrogens with zero attached hydrogens (tertiary/aromatic N) is 2. The third-order valence-electron chi connectivity index (χ3n) is 4.18. The van der Waals surface area contributed by atoms with Gasteiger partial charge in [0.2, 0.25) is 0 Å². The molecule has 9 heteroatoms. The number of anilines is 1. The fourth-order valence-corrected chi connectivity index (χ4v) is 2.79. The highest BCUT2D eigenvalue weighted by atomic mass is 19.1. The lowest BCUT2D eigenvalue weighted by molar-refractivity contribution is -0.152. The highest BCUT2D eigenvalue weighted by molar-refractivity contribution is 5.81. The Labute approximate surface area is 169 Å². The van der Waals surface area contributed by atoms with Gasteiger partial charge in [0.05, 0.1) is 12.1 Å². The van der Waals surface area contributed by atoms with E-state index >= 15 is 0 Å².